The van der Waals surface area contributed by atoms with E-state index in [2.05, 4.69) is 9.97 Å². The Kier molecular flexibility index (Phi) is 4.41. The van der Waals surface area contributed by atoms with E-state index in [1.165, 1.54) is 17.8 Å². The van der Waals surface area contributed by atoms with Crippen LogP contribution in [0.25, 0.3) is 0 Å². The van der Waals surface area contributed by atoms with Gasteiger partial charge in [-0.05, 0) is 17.7 Å². The van der Waals surface area contributed by atoms with E-state index in [9.17, 15) is 0 Å². The zero-order valence-electron chi connectivity index (χ0n) is 10.2. The maximum absolute atomic E-state index is 9.10. The Hall–Kier alpha value is -2.28. The van der Waals surface area contributed by atoms with Gasteiger partial charge in [-0.2, -0.15) is 10.5 Å². The fourth-order valence-corrected chi connectivity index (χ4v) is 2.52. The topological polar surface area (TPSA) is 101 Å². The quantitative estimate of drug-likeness (QED) is 0.691. The second kappa shape index (κ2) is 6.25. The van der Waals surface area contributed by atoms with Crippen molar-refractivity contribution < 1.29 is 4.98 Å². The highest BCUT2D eigenvalue weighted by Crippen LogP contribution is 2.24. The molecule has 0 saturated carbocycles. The van der Waals surface area contributed by atoms with Crippen LogP contribution in [0.5, 0.6) is 0 Å². The molecule has 20 heavy (non-hydrogen) atoms. The number of halogens is 1. The molecule has 0 aromatic carbocycles. The lowest BCUT2D eigenvalue weighted by atomic mass is 10.2. The molecule has 0 amide bonds. The Bertz CT molecular complexity index is 715. The van der Waals surface area contributed by atoms with Gasteiger partial charge < -0.3 is 0 Å². The van der Waals surface area contributed by atoms with E-state index in [1.54, 1.807) is 12.3 Å². The van der Waals surface area contributed by atoms with Gasteiger partial charge in [-0.25, -0.2) is 9.97 Å². The highest BCUT2D eigenvalue weighted by molar-refractivity contribution is 7.98. The minimum absolute atomic E-state index is 0.253. The van der Waals surface area contributed by atoms with E-state index in [-0.39, 0.29) is 11.4 Å². The van der Waals surface area contributed by atoms with Gasteiger partial charge in [0.1, 0.15) is 28.4 Å². The van der Waals surface area contributed by atoms with Crippen molar-refractivity contribution in [2.75, 3.05) is 5.73 Å². The average molecular weight is 303 g/mol. The molecule has 98 valence electrons. The van der Waals surface area contributed by atoms with E-state index < -0.39 is 0 Å². The number of nitriles is 2. The van der Waals surface area contributed by atoms with Crippen molar-refractivity contribution in [1.82, 2.24) is 4.98 Å². The maximum Gasteiger partial charge on any atom is 0.289 e. The minimum atomic E-state index is 0.253. The van der Waals surface area contributed by atoms with Crippen LogP contribution in [0.1, 0.15) is 16.7 Å². The van der Waals surface area contributed by atoms with Gasteiger partial charge in [0.25, 0.3) is 5.82 Å². The summed E-state index contributed by atoms with van der Waals surface area (Å²) in [4.78, 5) is 6.87. The first kappa shape index (κ1) is 14.1. The van der Waals surface area contributed by atoms with Crippen LogP contribution in [-0.2, 0) is 5.75 Å². The lowest BCUT2D eigenvalue weighted by Crippen LogP contribution is -2.16. The molecule has 0 spiro atoms. The van der Waals surface area contributed by atoms with Crippen LogP contribution in [0.3, 0.4) is 0 Å². The molecule has 0 saturated heterocycles. The molecule has 0 fully saturated rings. The van der Waals surface area contributed by atoms with Crippen molar-refractivity contribution in [1.29, 1.82) is 10.5 Å². The second-order valence-electron chi connectivity index (χ2n) is 3.84. The Balaban J connectivity index is 2.21. The predicted molar refractivity (Wildman–Crippen MR) is 75.6 cm³/mol. The van der Waals surface area contributed by atoms with Gasteiger partial charge in [0.2, 0.25) is 0 Å². The van der Waals surface area contributed by atoms with Crippen molar-refractivity contribution in [3.63, 3.8) is 0 Å². The second-order valence-corrected chi connectivity index (χ2v) is 5.21. The first-order chi connectivity index (χ1) is 9.63. The Morgan fingerprint density at radius 1 is 1.30 bits per heavy atom. The van der Waals surface area contributed by atoms with Crippen molar-refractivity contribution in [2.45, 2.75) is 10.8 Å². The zero-order chi connectivity index (χ0) is 14.5. The number of thioether (sulfide) groups is 1. The number of nitrogens with zero attached hydrogens (tertiary/aromatic N) is 3. The summed E-state index contributed by atoms with van der Waals surface area (Å²) >= 11 is 7.13. The van der Waals surface area contributed by atoms with Gasteiger partial charge in [0.15, 0.2) is 5.03 Å². The van der Waals surface area contributed by atoms with Gasteiger partial charge in [0, 0.05) is 11.9 Å². The SMILES string of the molecule is N#Cc1cc(C#N)c(SCc2ccc(Cl)nc2)[nH+]c1N. The van der Waals surface area contributed by atoms with E-state index >= 15 is 0 Å². The van der Waals surface area contributed by atoms with Crippen LogP contribution in [0.4, 0.5) is 5.82 Å². The number of anilines is 1. The van der Waals surface area contributed by atoms with E-state index in [0.29, 0.717) is 21.5 Å². The summed E-state index contributed by atoms with van der Waals surface area (Å²) in [5.74, 6) is 0.865. The van der Waals surface area contributed by atoms with Crippen LogP contribution in [0, 0.1) is 22.7 Å². The molecular weight excluding hydrogens is 294 g/mol. The first-order valence-electron chi connectivity index (χ1n) is 5.53. The number of nitrogens with one attached hydrogen (secondary N) is 1. The number of nitrogens with two attached hydrogens (primary N) is 1. The Morgan fingerprint density at radius 3 is 2.65 bits per heavy atom. The number of aromatic amines is 1. The number of nitrogen functional groups attached to an aromatic ring is 1. The third kappa shape index (κ3) is 3.18. The maximum atomic E-state index is 9.10. The van der Waals surface area contributed by atoms with Gasteiger partial charge in [0.05, 0.1) is 0 Å². The van der Waals surface area contributed by atoms with Crippen molar-refractivity contribution in [2.24, 2.45) is 0 Å². The van der Waals surface area contributed by atoms with Crippen molar-refractivity contribution >= 4 is 29.2 Å². The highest BCUT2D eigenvalue weighted by Gasteiger charge is 2.14. The molecule has 0 atom stereocenters. The molecule has 0 aliphatic heterocycles. The van der Waals surface area contributed by atoms with Crippen LogP contribution >= 0.6 is 23.4 Å². The molecule has 0 radical (unpaired) electrons. The molecular formula is C13H9ClN5S+. The normalized spacial score (nSPS) is 9.75. The fraction of sp³-hybridized carbons (Fsp3) is 0.0769. The Morgan fingerprint density at radius 2 is 2.05 bits per heavy atom. The van der Waals surface area contributed by atoms with Crippen LogP contribution in [0.15, 0.2) is 29.4 Å². The van der Waals surface area contributed by atoms with Gasteiger partial charge in [-0.3, -0.25) is 5.73 Å². The minimum Gasteiger partial charge on any atom is -0.286 e. The molecule has 3 N–H and O–H groups in total. The molecule has 7 heteroatoms. The molecule has 0 bridgehead atoms. The summed E-state index contributed by atoms with van der Waals surface area (Å²) in [7, 11) is 0. The average Bonchev–Trinajstić information content (AvgIpc) is 2.46. The van der Waals surface area contributed by atoms with Gasteiger partial charge in [-0.15, -0.1) is 0 Å². The van der Waals surface area contributed by atoms with Crippen LogP contribution < -0.4 is 10.7 Å². The first-order valence-corrected chi connectivity index (χ1v) is 6.89. The number of aromatic nitrogens is 2. The van der Waals surface area contributed by atoms with Crippen molar-refractivity contribution in [3.8, 4) is 12.1 Å². The lowest BCUT2D eigenvalue weighted by Gasteiger charge is -2.02. The predicted octanol–water partition coefficient (Wildman–Crippen LogP) is 2.17. The number of hydrogen-bond acceptors (Lipinski definition) is 5. The number of pyridine rings is 2. The molecule has 2 aromatic heterocycles. The summed E-state index contributed by atoms with van der Waals surface area (Å²) < 4.78 is 0. The zero-order valence-corrected chi connectivity index (χ0v) is 11.8. The van der Waals surface area contributed by atoms with Crippen LogP contribution in [-0.4, -0.2) is 4.98 Å². The van der Waals surface area contributed by atoms with Crippen molar-refractivity contribution in [3.05, 3.63) is 46.2 Å². The number of H-pyrrole nitrogens is 1. The van der Waals surface area contributed by atoms with E-state index in [1.807, 2.05) is 18.2 Å². The summed E-state index contributed by atoms with van der Waals surface area (Å²) in [5, 5.41) is 19.0. The third-order valence-electron chi connectivity index (χ3n) is 2.48. The highest BCUT2D eigenvalue weighted by atomic mass is 35.5. The summed E-state index contributed by atoms with van der Waals surface area (Å²) in [6.07, 6.45) is 1.67. The molecule has 0 unspecified atom stereocenters. The van der Waals surface area contributed by atoms with Crippen LogP contribution in [0.2, 0.25) is 5.15 Å². The smallest absolute Gasteiger partial charge is 0.286 e. The molecule has 0 aliphatic rings. The van der Waals surface area contributed by atoms with E-state index in [4.69, 9.17) is 27.9 Å². The molecule has 0 aliphatic carbocycles. The molecule has 2 heterocycles. The summed E-state index contributed by atoms with van der Waals surface area (Å²) in [6, 6.07) is 9.03. The molecule has 2 rings (SSSR count). The molecule has 5 nitrogen and oxygen atoms in total. The lowest BCUT2D eigenvalue weighted by molar-refractivity contribution is -0.410. The Labute approximate surface area is 125 Å². The molecule has 2 aromatic rings. The fourth-order valence-electron chi connectivity index (χ4n) is 1.48. The van der Waals surface area contributed by atoms with Gasteiger partial charge >= 0.3 is 0 Å². The summed E-state index contributed by atoms with van der Waals surface area (Å²) in [6.45, 7) is 0. The monoisotopic (exact) mass is 302 g/mol. The third-order valence-corrected chi connectivity index (χ3v) is 3.80. The van der Waals surface area contributed by atoms with E-state index in [0.717, 1.165) is 5.56 Å². The number of rotatable bonds is 3. The van der Waals surface area contributed by atoms with Gasteiger partial charge in [-0.1, -0.05) is 29.4 Å². The standard InChI is InChI=1S/C13H8ClN5S/c14-11-2-1-8(6-18-11)7-20-13-10(5-16)3-9(4-15)12(17)19-13/h1-3,6H,7H2,(H2,17,19)/p+1. The largest absolute Gasteiger partial charge is 0.289 e. The number of hydrogen-bond donors (Lipinski definition) is 1. The summed E-state index contributed by atoms with van der Waals surface area (Å²) in [5.41, 5.74) is 7.34.